The summed E-state index contributed by atoms with van der Waals surface area (Å²) < 4.78 is 14.3. The van der Waals surface area contributed by atoms with Crippen molar-refractivity contribution in [3.05, 3.63) is 24.4 Å². The molecule has 0 aromatic carbocycles. The molecule has 0 atom stereocenters. The first kappa shape index (κ1) is 10.8. The lowest BCUT2D eigenvalue weighted by atomic mass is 10.1. The van der Waals surface area contributed by atoms with Gasteiger partial charge in [0.05, 0.1) is 36.6 Å². The lowest BCUT2D eigenvalue weighted by Gasteiger charge is -2.03. The van der Waals surface area contributed by atoms with Crippen LogP contribution in [-0.2, 0) is 6.54 Å². The molecule has 1 aliphatic rings. The van der Waals surface area contributed by atoms with Gasteiger partial charge in [-0.1, -0.05) is 5.21 Å². The van der Waals surface area contributed by atoms with Crippen LogP contribution in [0.2, 0.25) is 0 Å². The van der Waals surface area contributed by atoms with Crippen molar-refractivity contribution in [1.29, 1.82) is 5.26 Å². The fraction of sp³-hybridized carbons (Fsp3) is 0.364. The van der Waals surface area contributed by atoms with Crippen LogP contribution in [0.25, 0.3) is 11.5 Å². The Balaban J connectivity index is 1.81. The van der Waals surface area contributed by atoms with E-state index in [-0.39, 0.29) is 5.41 Å². The van der Waals surface area contributed by atoms with E-state index in [1.807, 2.05) is 0 Å². The molecule has 2 aromatic rings. The maximum atomic E-state index is 12.7. The standard InChI is InChI=1S/C11H9FN6/c12-8-3-14-10(15-4-8)9-5-18(17-16-9)7-11(6-13)1-2-11/h3-5H,1-2,7H2. The van der Waals surface area contributed by atoms with Crippen LogP contribution in [0.4, 0.5) is 4.39 Å². The van der Waals surface area contributed by atoms with E-state index in [1.165, 1.54) is 0 Å². The average molecular weight is 244 g/mol. The van der Waals surface area contributed by atoms with Crippen molar-refractivity contribution in [3.8, 4) is 17.6 Å². The Morgan fingerprint density at radius 1 is 1.39 bits per heavy atom. The fourth-order valence-corrected chi connectivity index (χ4v) is 1.69. The molecule has 0 bridgehead atoms. The van der Waals surface area contributed by atoms with Crippen molar-refractivity contribution >= 4 is 0 Å². The number of nitrogens with zero attached hydrogens (tertiary/aromatic N) is 6. The predicted molar refractivity (Wildman–Crippen MR) is 58.3 cm³/mol. The maximum absolute atomic E-state index is 12.7. The van der Waals surface area contributed by atoms with Gasteiger partial charge in [0, 0.05) is 0 Å². The minimum absolute atomic E-state index is 0.283. The molecule has 0 radical (unpaired) electrons. The van der Waals surface area contributed by atoms with Gasteiger partial charge in [-0.2, -0.15) is 5.26 Å². The van der Waals surface area contributed by atoms with Gasteiger partial charge in [-0.25, -0.2) is 14.4 Å². The molecule has 1 aliphatic carbocycles. The first-order valence-corrected chi connectivity index (χ1v) is 5.50. The number of hydrogen-bond acceptors (Lipinski definition) is 5. The lowest BCUT2D eigenvalue weighted by molar-refractivity contribution is 0.474. The van der Waals surface area contributed by atoms with E-state index < -0.39 is 5.82 Å². The lowest BCUT2D eigenvalue weighted by Crippen LogP contribution is -2.10. The molecular formula is C11H9FN6. The summed E-state index contributed by atoms with van der Waals surface area (Å²) in [6.07, 6.45) is 5.63. The van der Waals surface area contributed by atoms with Crippen LogP contribution in [0.15, 0.2) is 18.6 Å². The van der Waals surface area contributed by atoms with Gasteiger partial charge in [-0.05, 0) is 12.8 Å². The van der Waals surface area contributed by atoms with Gasteiger partial charge in [0.15, 0.2) is 11.6 Å². The molecule has 0 spiro atoms. The number of hydrogen-bond donors (Lipinski definition) is 0. The van der Waals surface area contributed by atoms with Gasteiger partial charge in [0.2, 0.25) is 0 Å². The zero-order valence-corrected chi connectivity index (χ0v) is 9.41. The van der Waals surface area contributed by atoms with Crippen molar-refractivity contribution < 1.29 is 4.39 Å². The third kappa shape index (κ3) is 1.93. The Morgan fingerprint density at radius 3 is 2.72 bits per heavy atom. The van der Waals surface area contributed by atoms with Crippen LogP contribution < -0.4 is 0 Å². The van der Waals surface area contributed by atoms with Gasteiger partial charge >= 0.3 is 0 Å². The average Bonchev–Trinajstić information content (AvgIpc) is 3.00. The Morgan fingerprint density at radius 2 is 2.11 bits per heavy atom. The first-order valence-electron chi connectivity index (χ1n) is 5.50. The number of halogens is 1. The summed E-state index contributed by atoms with van der Waals surface area (Å²) in [5.74, 6) is -0.169. The number of nitriles is 1. The molecule has 7 heteroatoms. The quantitative estimate of drug-likeness (QED) is 0.809. The normalized spacial score (nSPS) is 16.2. The van der Waals surface area contributed by atoms with Crippen molar-refractivity contribution in [2.75, 3.05) is 0 Å². The summed E-state index contributed by atoms with van der Waals surface area (Å²) in [6.45, 7) is 0.525. The van der Waals surface area contributed by atoms with Gasteiger partial charge in [-0.15, -0.1) is 5.10 Å². The minimum atomic E-state index is -0.493. The third-order valence-corrected chi connectivity index (χ3v) is 2.94. The molecule has 90 valence electrons. The zero-order valence-electron chi connectivity index (χ0n) is 9.41. The molecule has 0 unspecified atom stereocenters. The van der Waals surface area contributed by atoms with Crippen LogP contribution in [0.5, 0.6) is 0 Å². The summed E-state index contributed by atoms with van der Waals surface area (Å²) >= 11 is 0. The van der Waals surface area contributed by atoms with Crippen LogP contribution in [0.1, 0.15) is 12.8 Å². The fourth-order valence-electron chi connectivity index (χ4n) is 1.69. The van der Waals surface area contributed by atoms with Gasteiger partial charge in [-0.3, -0.25) is 4.68 Å². The van der Waals surface area contributed by atoms with Crippen molar-refractivity contribution in [1.82, 2.24) is 25.0 Å². The second-order valence-corrected chi connectivity index (χ2v) is 4.42. The van der Waals surface area contributed by atoms with Crippen LogP contribution in [-0.4, -0.2) is 25.0 Å². The van der Waals surface area contributed by atoms with Crippen molar-refractivity contribution in [2.24, 2.45) is 5.41 Å². The monoisotopic (exact) mass is 244 g/mol. The third-order valence-electron chi connectivity index (χ3n) is 2.94. The Labute approximate surface area is 102 Å². The number of rotatable bonds is 3. The SMILES string of the molecule is N#CC1(Cn2cc(-c3ncc(F)cn3)nn2)CC1. The van der Waals surface area contributed by atoms with E-state index in [1.54, 1.807) is 10.9 Å². The highest BCUT2D eigenvalue weighted by molar-refractivity contribution is 5.45. The minimum Gasteiger partial charge on any atom is -0.250 e. The van der Waals surface area contributed by atoms with Crippen LogP contribution in [0, 0.1) is 22.6 Å². The second kappa shape index (κ2) is 3.84. The molecular weight excluding hydrogens is 235 g/mol. The molecule has 2 heterocycles. The molecule has 6 nitrogen and oxygen atoms in total. The van der Waals surface area contributed by atoms with E-state index in [9.17, 15) is 4.39 Å². The predicted octanol–water partition coefficient (Wildman–Crippen LogP) is 1.18. The Hall–Kier alpha value is -2.36. The van der Waals surface area contributed by atoms with Crippen molar-refractivity contribution in [3.63, 3.8) is 0 Å². The van der Waals surface area contributed by atoms with E-state index in [2.05, 4.69) is 26.3 Å². The van der Waals surface area contributed by atoms with E-state index in [0.29, 0.717) is 18.1 Å². The van der Waals surface area contributed by atoms with Crippen molar-refractivity contribution in [2.45, 2.75) is 19.4 Å². The van der Waals surface area contributed by atoms with Crippen LogP contribution in [0.3, 0.4) is 0 Å². The van der Waals surface area contributed by atoms with Crippen LogP contribution >= 0.6 is 0 Å². The number of aromatic nitrogens is 5. The van der Waals surface area contributed by atoms with Gasteiger partial charge < -0.3 is 0 Å². The molecule has 0 amide bonds. The molecule has 18 heavy (non-hydrogen) atoms. The highest BCUT2D eigenvalue weighted by Crippen LogP contribution is 2.46. The molecule has 1 fully saturated rings. The Kier molecular flexibility index (Phi) is 2.30. The molecule has 2 aromatic heterocycles. The smallest absolute Gasteiger partial charge is 0.181 e. The summed E-state index contributed by atoms with van der Waals surface area (Å²) in [6, 6.07) is 2.29. The van der Waals surface area contributed by atoms with Gasteiger partial charge in [0.25, 0.3) is 0 Å². The molecule has 0 N–H and O–H groups in total. The molecule has 0 saturated heterocycles. The highest BCUT2D eigenvalue weighted by Gasteiger charge is 2.43. The summed E-state index contributed by atoms with van der Waals surface area (Å²) in [4.78, 5) is 7.65. The highest BCUT2D eigenvalue weighted by atomic mass is 19.1. The summed E-state index contributed by atoms with van der Waals surface area (Å²) in [7, 11) is 0. The molecule has 0 aliphatic heterocycles. The Bertz CT molecular complexity index is 607. The van der Waals surface area contributed by atoms with E-state index in [4.69, 9.17) is 5.26 Å². The topological polar surface area (TPSA) is 80.3 Å². The summed E-state index contributed by atoms with van der Waals surface area (Å²) in [5.41, 5.74) is 0.193. The maximum Gasteiger partial charge on any atom is 0.181 e. The van der Waals surface area contributed by atoms with E-state index >= 15 is 0 Å². The summed E-state index contributed by atoms with van der Waals surface area (Å²) in [5, 5.41) is 16.8. The molecule has 1 saturated carbocycles. The second-order valence-electron chi connectivity index (χ2n) is 4.42. The van der Waals surface area contributed by atoms with E-state index in [0.717, 1.165) is 25.2 Å². The molecule has 3 rings (SSSR count). The first-order chi connectivity index (χ1) is 8.71. The largest absolute Gasteiger partial charge is 0.250 e. The van der Waals surface area contributed by atoms with Gasteiger partial charge in [0.1, 0.15) is 5.69 Å². The zero-order chi connectivity index (χ0) is 12.6.